The highest BCUT2D eigenvalue weighted by atomic mass is 32.2. The Morgan fingerprint density at radius 2 is 2.07 bits per heavy atom. The van der Waals surface area contributed by atoms with Gasteiger partial charge >= 0.3 is 0 Å². The lowest BCUT2D eigenvalue weighted by Crippen LogP contribution is -1.99. The molecule has 74 valence electrons. The second-order valence-electron chi connectivity index (χ2n) is 3.33. The van der Waals surface area contributed by atoms with Gasteiger partial charge in [0.25, 0.3) is 0 Å². The molecule has 0 bridgehead atoms. The fourth-order valence-electron chi connectivity index (χ4n) is 1.69. The molecule has 2 aromatic rings. The number of benzene rings is 1. The maximum atomic E-state index is 11.4. The fraction of sp³-hybridized carbons (Fsp3) is 0.0909. The Kier molecular flexibility index (Phi) is 1.89. The van der Waals surface area contributed by atoms with Crippen molar-refractivity contribution in [3.8, 4) is 5.69 Å². The monoisotopic (exact) mass is 216 g/mol. The lowest BCUT2D eigenvalue weighted by molar-refractivity contribution is 0.109. The Labute approximate surface area is 91.1 Å². The van der Waals surface area contributed by atoms with E-state index in [0.717, 1.165) is 22.7 Å². The molecule has 0 spiro atoms. The van der Waals surface area contributed by atoms with Crippen LogP contribution in [0.25, 0.3) is 5.69 Å². The van der Waals surface area contributed by atoms with E-state index in [1.165, 1.54) is 11.8 Å². The fourth-order valence-corrected chi connectivity index (χ4v) is 2.56. The number of aromatic nitrogens is 2. The van der Waals surface area contributed by atoms with Crippen LogP contribution in [0.1, 0.15) is 16.1 Å². The van der Waals surface area contributed by atoms with Gasteiger partial charge in [0.05, 0.1) is 23.1 Å². The second kappa shape index (κ2) is 3.24. The Bertz CT molecular complexity index is 519. The minimum atomic E-state index is 0.132. The predicted molar refractivity (Wildman–Crippen MR) is 59.2 cm³/mol. The van der Waals surface area contributed by atoms with Gasteiger partial charge in [0.1, 0.15) is 0 Å². The lowest BCUT2D eigenvalue weighted by Gasteiger charge is -2.03. The van der Waals surface area contributed by atoms with E-state index in [1.54, 1.807) is 6.20 Å². The molecular weight excluding hydrogens is 208 g/mol. The Balaban J connectivity index is 2.16. The molecule has 15 heavy (non-hydrogen) atoms. The molecule has 3 rings (SSSR count). The standard InChI is InChI=1S/C11H8N2OS/c14-11-9-6-12-13(10(9)7-15-11)8-4-2-1-3-5-8/h1-6H,7H2. The molecule has 1 aliphatic rings. The summed E-state index contributed by atoms with van der Waals surface area (Å²) in [7, 11) is 0. The van der Waals surface area contributed by atoms with Gasteiger partial charge in [0.2, 0.25) is 5.12 Å². The molecule has 0 saturated carbocycles. The molecule has 0 N–H and O–H groups in total. The number of para-hydroxylation sites is 1. The highest BCUT2D eigenvalue weighted by Crippen LogP contribution is 2.30. The zero-order chi connectivity index (χ0) is 10.3. The number of rotatable bonds is 1. The topological polar surface area (TPSA) is 34.9 Å². The van der Waals surface area contributed by atoms with Gasteiger partial charge in [-0.1, -0.05) is 30.0 Å². The first-order chi connectivity index (χ1) is 7.36. The van der Waals surface area contributed by atoms with Crippen molar-refractivity contribution in [1.29, 1.82) is 0 Å². The van der Waals surface area contributed by atoms with Gasteiger partial charge in [0.15, 0.2) is 0 Å². The largest absolute Gasteiger partial charge is 0.281 e. The average molecular weight is 216 g/mol. The van der Waals surface area contributed by atoms with Crippen LogP contribution < -0.4 is 0 Å². The summed E-state index contributed by atoms with van der Waals surface area (Å²) in [6.07, 6.45) is 1.66. The number of fused-ring (bicyclic) bond motifs is 1. The van der Waals surface area contributed by atoms with Crippen molar-refractivity contribution in [2.24, 2.45) is 0 Å². The number of nitrogens with zero attached hydrogens (tertiary/aromatic N) is 2. The van der Waals surface area contributed by atoms with Crippen LogP contribution in [0, 0.1) is 0 Å². The van der Waals surface area contributed by atoms with Crippen molar-refractivity contribution in [3.63, 3.8) is 0 Å². The summed E-state index contributed by atoms with van der Waals surface area (Å²) in [5, 5.41) is 4.37. The molecule has 0 unspecified atom stereocenters. The van der Waals surface area contributed by atoms with E-state index in [2.05, 4.69) is 5.10 Å². The summed E-state index contributed by atoms with van der Waals surface area (Å²) >= 11 is 1.34. The Morgan fingerprint density at radius 3 is 2.87 bits per heavy atom. The third-order valence-electron chi connectivity index (χ3n) is 2.43. The van der Waals surface area contributed by atoms with Crippen molar-refractivity contribution in [3.05, 3.63) is 47.8 Å². The van der Waals surface area contributed by atoms with Gasteiger partial charge in [-0.2, -0.15) is 5.10 Å². The first-order valence-electron chi connectivity index (χ1n) is 4.66. The van der Waals surface area contributed by atoms with Gasteiger partial charge < -0.3 is 0 Å². The van der Waals surface area contributed by atoms with E-state index in [-0.39, 0.29) is 5.12 Å². The van der Waals surface area contributed by atoms with E-state index in [0.29, 0.717) is 0 Å². The minimum absolute atomic E-state index is 0.132. The zero-order valence-electron chi connectivity index (χ0n) is 7.88. The van der Waals surface area contributed by atoms with Gasteiger partial charge in [0, 0.05) is 5.75 Å². The molecule has 0 aliphatic carbocycles. The molecule has 1 aliphatic heterocycles. The van der Waals surface area contributed by atoms with Crippen LogP contribution in [0.4, 0.5) is 0 Å². The third kappa shape index (κ3) is 1.29. The number of hydrogen-bond acceptors (Lipinski definition) is 3. The second-order valence-corrected chi connectivity index (χ2v) is 4.28. The van der Waals surface area contributed by atoms with Gasteiger partial charge in [-0.05, 0) is 12.1 Å². The van der Waals surface area contributed by atoms with E-state index in [1.807, 2.05) is 35.0 Å². The van der Waals surface area contributed by atoms with Crippen molar-refractivity contribution in [2.45, 2.75) is 5.75 Å². The van der Waals surface area contributed by atoms with E-state index in [9.17, 15) is 4.79 Å². The van der Waals surface area contributed by atoms with E-state index in [4.69, 9.17) is 0 Å². The summed E-state index contributed by atoms with van der Waals surface area (Å²) in [5.41, 5.74) is 2.77. The highest BCUT2D eigenvalue weighted by Gasteiger charge is 2.25. The number of thioether (sulfide) groups is 1. The quantitative estimate of drug-likeness (QED) is 0.733. The highest BCUT2D eigenvalue weighted by molar-refractivity contribution is 8.13. The summed E-state index contributed by atoms with van der Waals surface area (Å²) in [6, 6.07) is 9.87. The maximum Gasteiger partial charge on any atom is 0.223 e. The SMILES string of the molecule is O=C1SCc2c1cnn2-c1ccccc1. The molecule has 2 heterocycles. The molecule has 0 radical (unpaired) electrons. The van der Waals surface area contributed by atoms with Gasteiger partial charge in [-0.25, -0.2) is 4.68 Å². The molecule has 0 atom stereocenters. The van der Waals surface area contributed by atoms with Crippen molar-refractivity contribution < 1.29 is 4.79 Å². The summed E-state index contributed by atoms with van der Waals surface area (Å²) in [6.45, 7) is 0. The van der Waals surface area contributed by atoms with Crippen LogP contribution in [0.3, 0.4) is 0 Å². The molecule has 0 fully saturated rings. The van der Waals surface area contributed by atoms with Gasteiger partial charge in [-0.3, -0.25) is 4.79 Å². The smallest absolute Gasteiger partial charge is 0.223 e. The Hall–Kier alpha value is -1.55. The van der Waals surface area contributed by atoms with Crippen LogP contribution in [0.5, 0.6) is 0 Å². The van der Waals surface area contributed by atoms with Crippen molar-refractivity contribution >= 4 is 16.9 Å². The van der Waals surface area contributed by atoms with E-state index < -0.39 is 0 Å². The van der Waals surface area contributed by atoms with Crippen LogP contribution in [0.2, 0.25) is 0 Å². The predicted octanol–water partition coefficient (Wildman–Crippen LogP) is 2.26. The van der Waals surface area contributed by atoms with Crippen LogP contribution >= 0.6 is 11.8 Å². The van der Waals surface area contributed by atoms with Crippen LogP contribution in [-0.4, -0.2) is 14.9 Å². The van der Waals surface area contributed by atoms with Gasteiger partial charge in [-0.15, -0.1) is 0 Å². The summed E-state index contributed by atoms with van der Waals surface area (Å²) in [4.78, 5) is 11.4. The average Bonchev–Trinajstić information content (AvgIpc) is 2.83. The lowest BCUT2D eigenvalue weighted by atomic mass is 10.3. The number of hydrogen-bond donors (Lipinski definition) is 0. The molecule has 4 heteroatoms. The first-order valence-corrected chi connectivity index (χ1v) is 5.64. The normalized spacial score (nSPS) is 14.3. The van der Waals surface area contributed by atoms with Crippen LogP contribution in [-0.2, 0) is 5.75 Å². The third-order valence-corrected chi connectivity index (χ3v) is 3.33. The molecule has 3 nitrogen and oxygen atoms in total. The molecule has 1 aromatic heterocycles. The van der Waals surface area contributed by atoms with E-state index >= 15 is 0 Å². The molecular formula is C11H8N2OS. The minimum Gasteiger partial charge on any atom is -0.281 e. The van der Waals surface area contributed by atoms with Crippen molar-refractivity contribution in [2.75, 3.05) is 0 Å². The maximum absolute atomic E-state index is 11.4. The Morgan fingerprint density at radius 1 is 1.27 bits per heavy atom. The number of carbonyl (C=O) groups is 1. The molecule has 0 amide bonds. The van der Waals surface area contributed by atoms with Crippen LogP contribution in [0.15, 0.2) is 36.5 Å². The summed E-state index contributed by atoms with van der Waals surface area (Å²) < 4.78 is 1.84. The number of carbonyl (C=O) groups excluding carboxylic acids is 1. The molecule has 0 saturated heterocycles. The van der Waals surface area contributed by atoms with Crippen molar-refractivity contribution in [1.82, 2.24) is 9.78 Å². The summed E-state index contributed by atoms with van der Waals surface area (Å²) in [5.74, 6) is 0.725. The molecule has 1 aromatic carbocycles. The zero-order valence-corrected chi connectivity index (χ0v) is 8.70. The first kappa shape index (κ1) is 8.73.